The van der Waals surface area contributed by atoms with E-state index in [1.54, 1.807) is 0 Å². The SMILES string of the molecule is COC(=O)CC(NC(=O)c1cnccc1Cl)c1cccs1. The molecule has 0 bridgehead atoms. The molecule has 0 aliphatic carbocycles. The van der Waals surface area contributed by atoms with E-state index in [9.17, 15) is 9.59 Å². The zero-order valence-corrected chi connectivity index (χ0v) is 12.8. The summed E-state index contributed by atoms with van der Waals surface area (Å²) < 4.78 is 4.67. The quantitative estimate of drug-likeness (QED) is 0.859. The van der Waals surface area contributed by atoms with E-state index >= 15 is 0 Å². The van der Waals surface area contributed by atoms with Crippen LogP contribution in [0.4, 0.5) is 0 Å². The topological polar surface area (TPSA) is 68.3 Å². The van der Waals surface area contributed by atoms with E-state index in [2.05, 4.69) is 15.0 Å². The summed E-state index contributed by atoms with van der Waals surface area (Å²) in [6.07, 6.45) is 2.95. The van der Waals surface area contributed by atoms with Crippen LogP contribution >= 0.6 is 22.9 Å². The lowest BCUT2D eigenvalue weighted by atomic mass is 10.1. The van der Waals surface area contributed by atoms with Crippen LogP contribution in [0.25, 0.3) is 0 Å². The van der Waals surface area contributed by atoms with Gasteiger partial charge in [0.1, 0.15) is 0 Å². The zero-order valence-electron chi connectivity index (χ0n) is 11.2. The van der Waals surface area contributed by atoms with Crippen molar-refractivity contribution in [3.63, 3.8) is 0 Å². The third-order valence-corrected chi connectivity index (χ3v) is 4.12. The molecule has 1 unspecified atom stereocenters. The molecule has 1 amide bonds. The van der Waals surface area contributed by atoms with Crippen molar-refractivity contribution in [2.24, 2.45) is 0 Å². The normalized spacial score (nSPS) is 11.7. The van der Waals surface area contributed by atoms with Gasteiger partial charge in [0.2, 0.25) is 0 Å². The number of esters is 1. The van der Waals surface area contributed by atoms with Gasteiger partial charge in [0.05, 0.1) is 30.2 Å². The van der Waals surface area contributed by atoms with Crippen LogP contribution in [0.5, 0.6) is 0 Å². The number of nitrogens with zero attached hydrogens (tertiary/aromatic N) is 1. The van der Waals surface area contributed by atoms with Crippen LogP contribution in [-0.2, 0) is 9.53 Å². The number of carbonyl (C=O) groups is 2. The number of aromatic nitrogens is 1. The Morgan fingerprint density at radius 1 is 1.48 bits per heavy atom. The van der Waals surface area contributed by atoms with E-state index in [1.807, 2.05) is 17.5 Å². The predicted octanol–water partition coefficient (Wildman–Crippen LogP) is 2.83. The summed E-state index contributed by atoms with van der Waals surface area (Å²) in [5, 5.41) is 4.98. The molecule has 2 aromatic heterocycles. The number of hydrogen-bond acceptors (Lipinski definition) is 5. The van der Waals surface area contributed by atoms with Gasteiger partial charge in [-0.3, -0.25) is 14.6 Å². The number of thiophene rings is 1. The molecular formula is C14H13ClN2O3S. The first kappa shape index (κ1) is 15.5. The fourth-order valence-electron chi connectivity index (χ4n) is 1.74. The molecule has 0 aliphatic heterocycles. The molecule has 2 heterocycles. The third-order valence-electron chi connectivity index (χ3n) is 2.80. The van der Waals surface area contributed by atoms with Gasteiger partial charge in [0.15, 0.2) is 0 Å². The Hall–Kier alpha value is -1.92. The second kappa shape index (κ2) is 7.19. The molecule has 5 nitrogen and oxygen atoms in total. The number of halogens is 1. The van der Waals surface area contributed by atoms with Crippen molar-refractivity contribution < 1.29 is 14.3 Å². The van der Waals surface area contributed by atoms with Crippen molar-refractivity contribution in [1.82, 2.24) is 10.3 Å². The first-order valence-corrected chi connectivity index (χ1v) is 7.38. The summed E-state index contributed by atoms with van der Waals surface area (Å²) in [5.41, 5.74) is 0.269. The summed E-state index contributed by atoms with van der Waals surface area (Å²) in [6, 6.07) is 4.79. The van der Waals surface area contributed by atoms with Gasteiger partial charge in [-0.15, -0.1) is 11.3 Å². The highest BCUT2D eigenvalue weighted by Crippen LogP contribution is 2.23. The average Bonchev–Trinajstić information content (AvgIpc) is 3.01. The molecule has 7 heteroatoms. The van der Waals surface area contributed by atoms with Crippen LogP contribution in [0, 0.1) is 0 Å². The van der Waals surface area contributed by atoms with Crippen LogP contribution in [-0.4, -0.2) is 24.0 Å². The van der Waals surface area contributed by atoms with E-state index in [-0.39, 0.29) is 17.9 Å². The average molecular weight is 325 g/mol. The molecule has 2 aromatic rings. The first-order chi connectivity index (χ1) is 10.1. The standard InChI is InChI=1S/C14H13ClN2O3S/c1-20-13(18)7-11(12-3-2-6-21-12)17-14(19)9-8-16-5-4-10(9)15/h2-6,8,11H,7H2,1H3,(H,17,19). The first-order valence-electron chi connectivity index (χ1n) is 6.12. The number of amides is 1. The molecular weight excluding hydrogens is 312 g/mol. The van der Waals surface area contributed by atoms with Gasteiger partial charge >= 0.3 is 5.97 Å². The van der Waals surface area contributed by atoms with Crippen LogP contribution in [0.15, 0.2) is 36.0 Å². The van der Waals surface area contributed by atoms with Gasteiger partial charge in [-0.1, -0.05) is 17.7 Å². The minimum absolute atomic E-state index is 0.0562. The monoisotopic (exact) mass is 324 g/mol. The largest absolute Gasteiger partial charge is 0.469 e. The number of pyridine rings is 1. The number of hydrogen-bond donors (Lipinski definition) is 1. The van der Waals surface area contributed by atoms with Crippen molar-refractivity contribution >= 4 is 34.8 Å². The summed E-state index contributed by atoms with van der Waals surface area (Å²) in [4.78, 5) is 28.5. The Morgan fingerprint density at radius 2 is 2.29 bits per heavy atom. The lowest BCUT2D eigenvalue weighted by Crippen LogP contribution is -2.30. The Kier molecular flexibility index (Phi) is 5.30. The van der Waals surface area contributed by atoms with Gasteiger partial charge in [0.25, 0.3) is 5.91 Å². The van der Waals surface area contributed by atoms with Crippen LogP contribution in [0.1, 0.15) is 27.7 Å². The van der Waals surface area contributed by atoms with Crippen molar-refractivity contribution in [2.75, 3.05) is 7.11 Å². The molecule has 0 aliphatic rings. The zero-order chi connectivity index (χ0) is 15.2. The summed E-state index contributed by atoms with van der Waals surface area (Å²) in [5.74, 6) is -0.776. The predicted molar refractivity (Wildman–Crippen MR) is 80.4 cm³/mol. The third kappa shape index (κ3) is 4.03. The second-order valence-corrected chi connectivity index (χ2v) is 5.56. The second-order valence-electron chi connectivity index (χ2n) is 4.18. The molecule has 0 spiro atoms. The minimum atomic E-state index is -0.457. The van der Waals surface area contributed by atoms with E-state index in [1.165, 1.54) is 36.9 Å². The maximum Gasteiger partial charge on any atom is 0.307 e. The van der Waals surface area contributed by atoms with E-state index < -0.39 is 12.0 Å². The number of rotatable bonds is 5. The van der Waals surface area contributed by atoms with E-state index in [0.717, 1.165) is 4.88 Å². The highest BCUT2D eigenvalue weighted by Gasteiger charge is 2.21. The molecule has 0 fully saturated rings. The number of nitrogens with one attached hydrogen (secondary N) is 1. The molecule has 1 atom stereocenters. The fraction of sp³-hybridized carbons (Fsp3) is 0.214. The Bertz CT molecular complexity index is 631. The Labute approximate surface area is 130 Å². The highest BCUT2D eigenvalue weighted by molar-refractivity contribution is 7.10. The maximum absolute atomic E-state index is 12.3. The van der Waals surface area contributed by atoms with Crippen molar-refractivity contribution in [1.29, 1.82) is 0 Å². The minimum Gasteiger partial charge on any atom is -0.469 e. The number of methoxy groups -OCH3 is 1. The van der Waals surface area contributed by atoms with E-state index in [4.69, 9.17) is 11.6 Å². The van der Waals surface area contributed by atoms with Gasteiger partial charge in [-0.25, -0.2) is 0 Å². The molecule has 2 rings (SSSR count). The smallest absolute Gasteiger partial charge is 0.307 e. The Balaban J connectivity index is 2.17. The van der Waals surface area contributed by atoms with Gasteiger partial charge in [-0.2, -0.15) is 0 Å². The molecule has 21 heavy (non-hydrogen) atoms. The van der Waals surface area contributed by atoms with Gasteiger partial charge in [-0.05, 0) is 17.5 Å². The lowest BCUT2D eigenvalue weighted by molar-refractivity contribution is -0.141. The number of ether oxygens (including phenoxy) is 1. The van der Waals surface area contributed by atoms with E-state index in [0.29, 0.717) is 5.02 Å². The molecule has 1 N–H and O–H groups in total. The van der Waals surface area contributed by atoms with Crippen molar-refractivity contribution in [3.8, 4) is 0 Å². The lowest BCUT2D eigenvalue weighted by Gasteiger charge is -2.16. The molecule has 0 aromatic carbocycles. The summed E-state index contributed by atoms with van der Waals surface area (Å²) in [7, 11) is 1.31. The van der Waals surface area contributed by atoms with Crippen molar-refractivity contribution in [2.45, 2.75) is 12.5 Å². The van der Waals surface area contributed by atoms with Crippen LogP contribution in [0.3, 0.4) is 0 Å². The van der Waals surface area contributed by atoms with Crippen molar-refractivity contribution in [3.05, 3.63) is 51.4 Å². The van der Waals surface area contributed by atoms with Crippen LogP contribution < -0.4 is 5.32 Å². The highest BCUT2D eigenvalue weighted by atomic mass is 35.5. The summed E-state index contributed by atoms with van der Waals surface area (Å²) >= 11 is 7.42. The molecule has 0 saturated heterocycles. The molecule has 110 valence electrons. The molecule has 0 saturated carbocycles. The molecule has 0 radical (unpaired) electrons. The fourth-order valence-corrected chi connectivity index (χ4v) is 2.71. The maximum atomic E-state index is 12.3. The van der Waals surface area contributed by atoms with Crippen LogP contribution in [0.2, 0.25) is 5.02 Å². The Morgan fingerprint density at radius 3 is 2.90 bits per heavy atom. The number of carbonyl (C=O) groups excluding carboxylic acids is 2. The van der Waals surface area contributed by atoms with Gasteiger partial charge < -0.3 is 10.1 Å². The van der Waals surface area contributed by atoms with Gasteiger partial charge in [0, 0.05) is 17.3 Å². The summed E-state index contributed by atoms with van der Waals surface area (Å²) in [6.45, 7) is 0.